The zero-order valence-corrected chi connectivity index (χ0v) is 18.7. The summed E-state index contributed by atoms with van der Waals surface area (Å²) in [7, 11) is 0. The minimum absolute atomic E-state index is 0.0126. The molecule has 1 amide bonds. The Balaban J connectivity index is 1.62. The van der Waals surface area contributed by atoms with Gasteiger partial charge in [-0.2, -0.15) is 0 Å². The maximum absolute atomic E-state index is 12.8. The van der Waals surface area contributed by atoms with Gasteiger partial charge in [0.2, 0.25) is 5.43 Å². The molecule has 4 rings (SSSR count). The van der Waals surface area contributed by atoms with E-state index in [1.807, 2.05) is 48.5 Å². The average Bonchev–Trinajstić information content (AvgIpc) is 3.19. The van der Waals surface area contributed by atoms with Crippen LogP contribution >= 0.6 is 38.5 Å². The highest BCUT2D eigenvalue weighted by molar-refractivity contribution is 14.1. The van der Waals surface area contributed by atoms with Gasteiger partial charge in [0.25, 0.3) is 0 Å². The molecule has 0 aliphatic carbocycles. The Morgan fingerprint density at radius 1 is 1.25 bits per heavy atom. The lowest BCUT2D eigenvalue weighted by molar-refractivity contribution is 0.0914. The summed E-state index contributed by atoms with van der Waals surface area (Å²) in [5, 5.41) is 0.646. The molecular formula is C21H18BrIN2O3. The van der Waals surface area contributed by atoms with Crippen LogP contribution < -0.4 is 5.43 Å². The molecule has 0 radical (unpaired) electrons. The standard InChI is InChI=1S/C21H18BrIN2O3/c22-14-8-9-15-16(11-14)24-19(18(23)20(15)26)17-7-4-10-25(17)21(27)28-12-13-5-2-1-3-6-13/h1-3,5-6,8-9,11,17H,4,7,10,12H2,(H,24,26). The summed E-state index contributed by atoms with van der Waals surface area (Å²) in [6, 6.07) is 15.0. The van der Waals surface area contributed by atoms with Crippen molar-refractivity contribution in [1.82, 2.24) is 9.88 Å². The number of carbonyl (C=O) groups excluding carboxylic acids is 1. The third kappa shape index (κ3) is 3.82. The molecule has 28 heavy (non-hydrogen) atoms. The van der Waals surface area contributed by atoms with Crippen LogP contribution in [-0.2, 0) is 11.3 Å². The normalized spacial score (nSPS) is 16.5. The Kier molecular flexibility index (Phi) is 5.73. The van der Waals surface area contributed by atoms with E-state index in [0.29, 0.717) is 15.5 Å². The fourth-order valence-electron chi connectivity index (χ4n) is 3.58. The van der Waals surface area contributed by atoms with Crippen molar-refractivity contribution in [2.75, 3.05) is 6.54 Å². The summed E-state index contributed by atoms with van der Waals surface area (Å²) in [5.74, 6) is 0. The van der Waals surface area contributed by atoms with Crippen molar-refractivity contribution in [2.45, 2.75) is 25.5 Å². The van der Waals surface area contributed by atoms with Crippen LogP contribution in [0.3, 0.4) is 0 Å². The first-order chi connectivity index (χ1) is 13.5. The Hall–Kier alpha value is -1.87. The van der Waals surface area contributed by atoms with E-state index in [9.17, 15) is 9.59 Å². The molecule has 2 heterocycles. The quantitative estimate of drug-likeness (QED) is 0.444. The van der Waals surface area contributed by atoms with E-state index in [4.69, 9.17) is 4.74 Å². The summed E-state index contributed by atoms with van der Waals surface area (Å²) in [4.78, 5) is 30.7. The monoisotopic (exact) mass is 552 g/mol. The van der Waals surface area contributed by atoms with Gasteiger partial charge in [-0.3, -0.25) is 9.69 Å². The van der Waals surface area contributed by atoms with E-state index in [1.54, 1.807) is 4.90 Å². The van der Waals surface area contributed by atoms with Gasteiger partial charge < -0.3 is 9.72 Å². The highest BCUT2D eigenvalue weighted by atomic mass is 127. The molecule has 1 aromatic heterocycles. The van der Waals surface area contributed by atoms with Gasteiger partial charge in [-0.15, -0.1) is 0 Å². The highest BCUT2D eigenvalue weighted by Crippen LogP contribution is 2.34. The number of nitrogens with zero attached hydrogens (tertiary/aromatic N) is 1. The molecule has 3 aromatic rings. The first-order valence-corrected chi connectivity index (χ1v) is 10.9. The summed E-state index contributed by atoms with van der Waals surface area (Å²) < 4.78 is 7.05. The van der Waals surface area contributed by atoms with Crippen LogP contribution in [0.5, 0.6) is 0 Å². The van der Waals surface area contributed by atoms with E-state index in [1.165, 1.54) is 0 Å². The number of hydrogen-bond acceptors (Lipinski definition) is 3. The SMILES string of the molecule is O=C(OCc1ccccc1)N1CCCC1c1[nH]c2cc(Br)ccc2c(=O)c1I. The van der Waals surface area contributed by atoms with E-state index >= 15 is 0 Å². The minimum Gasteiger partial charge on any atom is -0.445 e. The van der Waals surface area contributed by atoms with Crippen molar-refractivity contribution in [3.05, 3.63) is 78.1 Å². The van der Waals surface area contributed by atoms with Crippen molar-refractivity contribution in [3.8, 4) is 0 Å². The van der Waals surface area contributed by atoms with Gasteiger partial charge in [-0.05, 0) is 59.2 Å². The van der Waals surface area contributed by atoms with Crippen LogP contribution in [0.15, 0.2) is 57.8 Å². The lowest BCUT2D eigenvalue weighted by Crippen LogP contribution is -2.32. The summed E-state index contributed by atoms with van der Waals surface area (Å²) in [6.07, 6.45) is 1.32. The van der Waals surface area contributed by atoms with Crippen LogP contribution in [-0.4, -0.2) is 22.5 Å². The number of amides is 1. The predicted octanol–water partition coefficient (Wildman–Crippen LogP) is 5.37. The van der Waals surface area contributed by atoms with Crippen molar-refractivity contribution in [2.24, 2.45) is 0 Å². The maximum Gasteiger partial charge on any atom is 0.410 e. The Morgan fingerprint density at radius 3 is 2.82 bits per heavy atom. The van der Waals surface area contributed by atoms with Crippen molar-refractivity contribution < 1.29 is 9.53 Å². The molecule has 0 saturated carbocycles. The Labute approximate surface area is 184 Å². The van der Waals surface area contributed by atoms with Gasteiger partial charge in [0.15, 0.2) is 0 Å². The molecule has 5 nitrogen and oxygen atoms in total. The highest BCUT2D eigenvalue weighted by Gasteiger charge is 2.33. The van der Waals surface area contributed by atoms with Crippen LogP contribution in [0, 0.1) is 3.57 Å². The average molecular weight is 553 g/mol. The fraction of sp³-hybridized carbons (Fsp3) is 0.238. The maximum atomic E-state index is 12.8. The largest absolute Gasteiger partial charge is 0.445 e. The van der Waals surface area contributed by atoms with Crippen LogP contribution in [0.1, 0.15) is 30.1 Å². The molecule has 1 aliphatic heterocycles. The van der Waals surface area contributed by atoms with Crippen LogP contribution in [0.2, 0.25) is 0 Å². The van der Waals surface area contributed by atoms with Gasteiger partial charge in [-0.1, -0.05) is 46.3 Å². The van der Waals surface area contributed by atoms with Gasteiger partial charge in [0, 0.05) is 16.4 Å². The first-order valence-electron chi connectivity index (χ1n) is 9.03. The number of pyridine rings is 1. The number of aromatic amines is 1. The fourth-order valence-corrected chi connectivity index (χ4v) is 4.72. The van der Waals surface area contributed by atoms with Gasteiger partial charge in [-0.25, -0.2) is 4.79 Å². The lowest BCUT2D eigenvalue weighted by atomic mass is 10.1. The number of carbonyl (C=O) groups is 1. The zero-order chi connectivity index (χ0) is 19.7. The number of nitrogens with one attached hydrogen (secondary N) is 1. The number of benzene rings is 2. The number of likely N-dealkylation sites (tertiary alicyclic amines) is 1. The Bertz CT molecular complexity index is 1080. The number of rotatable bonds is 3. The van der Waals surface area contributed by atoms with Crippen LogP contribution in [0.4, 0.5) is 4.79 Å². The lowest BCUT2D eigenvalue weighted by Gasteiger charge is -2.25. The smallest absolute Gasteiger partial charge is 0.410 e. The molecule has 0 bridgehead atoms. The second-order valence-corrected chi connectivity index (χ2v) is 8.76. The first kappa shape index (κ1) is 19.4. The molecule has 1 atom stereocenters. The van der Waals surface area contributed by atoms with E-state index < -0.39 is 0 Å². The number of halogens is 2. The zero-order valence-electron chi connectivity index (χ0n) is 15.0. The van der Waals surface area contributed by atoms with Crippen molar-refractivity contribution >= 4 is 55.5 Å². The molecule has 144 valence electrons. The summed E-state index contributed by atoms with van der Waals surface area (Å²) in [5.41, 5.74) is 2.48. The number of H-pyrrole nitrogens is 1. The summed E-state index contributed by atoms with van der Waals surface area (Å²) in [6.45, 7) is 0.855. The molecule has 2 aromatic carbocycles. The molecule has 1 unspecified atom stereocenters. The van der Waals surface area contributed by atoms with Gasteiger partial charge in [0.05, 0.1) is 20.8 Å². The molecule has 1 fully saturated rings. The molecular weight excluding hydrogens is 535 g/mol. The number of ether oxygens (including phenoxy) is 1. The Morgan fingerprint density at radius 2 is 2.04 bits per heavy atom. The van der Waals surface area contributed by atoms with Gasteiger partial charge in [0.1, 0.15) is 6.61 Å². The molecule has 1 N–H and O–H groups in total. The number of hydrogen-bond donors (Lipinski definition) is 1. The molecule has 1 saturated heterocycles. The molecule has 1 aliphatic rings. The van der Waals surface area contributed by atoms with Gasteiger partial charge >= 0.3 is 6.09 Å². The third-order valence-electron chi connectivity index (χ3n) is 4.96. The molecule has 0 spiro atoms. The third-order valence-corrected chi connectivity index (χ3v) is 6.52. The minimum atomic E-state index is -0.350. The summed E-state index contributed by atoms with van der Waals surface area (Å²) >= 11 is 5.53. The van der Waals surface area contributed by atoms with E-state index in [0.717, 1.165) is 34.1 Å². The number of fused-ring (bicyclic) bond motifs is 1. The van der Waals surface area contributed by atoms with Crippen molar-refractivity contribution in [1.29, 1.82) is 0 Å². The topological polar surface area (TPSA) is 62.4 Å². The second kappa shape index (κ2) is 8.24. The van der Waals surface area contributed by atoms with Crippen molar-refractivity contribution in [3.63, 3.8) is 0 Å². The second-order valence-electron chi connectivity index (χ2n) is 6.76. The van der Waals surface area contributed by atoms with Crippen LogP contribution in [0.25, 0.3) is 10.9 Å². The number of aromatic nitrogens is 1. The van der Waals surface area contributed by atoms with E-state index in [-0.39, 0.29) is 24.2 Å². The van der Waals surface area contributed by atoms with E-state index in [2.05, 4.69) is 43.5 Å². The molecule has 7 heteroatoms. The predicted molar refractivity (Wildman–Crippen MR) is 120 cm³/mol.